The van der Waals surface area contributed by atoms with Gasteiger partial charge in [-0.25, -0.2) is 0 Å². The van der Waals surface area contributed by atoms with Crippen LogP contribution in [0.5, 0.6) is 6.01 Å². The van der Waals surface area contributed by atoms with E-state index >= 15 is 0 Å². The van der Waals surface area contributed by atoms with Crippen LogP contribution >= 0.6 is 0 Å². The Kier molecular flexibility index (Phi) is 7.20. The second kappa shape index (κ2) is 8.93. The van der Waals surface area contributed by atoms with Crippen molar-refractivity contribution in [2.24, 2.45) is 5.73 Å². The van der Waals surface area contributed by atoms with Crippen LogP contribution in [0.2, 0.25) is 0 Å². The lowest BCUT2D eigenvalue weighted by molar-refractivity contribution is -0.118. The molecule has 1 rings (SSSR count). The van der Waals surface area contributed by atoms with Crippen molar-refractivity contribution in [3.05, 3.63) is 0 Å². The van der Waals surface area contributed by atoms with E-state index in [0.717, 1.165) is 19.4 Å². The average molecular weight is 296 g/mol. The Balaban J connectivity index is 2.81. The number of nitrogens with two attached hydrogens (primary N) is 1. The summed E-state index contributed by atoms with van der Waals surface area (Å²) in [5.41, 5.74) is 5.17. The quantitative estimate of drug-likeness (QED) is 0.593. The second-order valence-electron chi connectivity index (χ2n) is 4.76. The fraction of sp³-hybridized carbons (Fsp3) is 0.692. The number of primary amides is 1. The summed E-state index contributed by atoms with van der Waals surface area (Å²) in [6, 6.07) is 0.0992. The Labute approximate surface area is 124 Å². The zero-order valence-electron chi connectivity index (χ0n) is 12.8. The zero-order chi connectivity index (χ0) is 15.7. The molecule has 4 N–H and O–H groups in total. The molecule has 0 aromatic carbocycles. The lowest BCUT2D eigenvalue weighted by Gasteiger charge is -2.14. The van der Waals surface area contributed by atoms with Gasteiger partial charge in [0.15, 0.2) is 0 Å². The number of aromatic nitrogens is 3. The van der Waals surface area contributed by atoms with Crippen molar-refractivity contribution >= 4 is 17.8 Å². The van der Waals surface area contributed by atoms with Crippen molar-refractivity contribution in [1.82, 2.24) is 15.0 Å². The van der Waals surface area contributed by atoms with Crippen molar-refractivity contribution in [3.8, 4) is 6.01 Å². The number of carbonyl (C=O) groups is 1. The molecule has 1 heterocycles. The fourth-order valence-corrected chi connectivity index (χ4v) is 1.57. The molecule has 118 valence electrons. The summed E-state index contributed by atoms with van der Waals surface area (Å²) in [7, 11) is 0. The van der Waals surface area contributed by atoms with E-state index in [1.807, 2.05) is 13.8 Å². The van der Waals surface area contributed by atoms with E-state index in [1.165, 1.54) is 0 Å². The van der Waals surface area contributed by atoms with Gasteiger partial charge in [0, 0.05) is 19.0 Å². The van der Waals surface area contributed by atoms with Crippen LogP contribution in [-0.2, 0) is 4.79 Å². The lowest BCUT2D eigenvalue weighted by Crippen LogP contribution is -2.25. The van der Waals surface area contributed by atoms with Gasteiger partial charge in [-0.3, -0.25) is 4.79 Å². The van der Waals surface area contributed by atoms with Crippen LogP contribution in [0, 0.1) is 0 Å². The smallest absolute Gasteiger partial charge is 0.323 e. The molecule has 8 heteroatoms. The molecule has 0 fully saturated rings. The molecule has 1 unspecified atom stereocenters. The minimum atomic E-state index is -0.379. The number of hydrogen-bond donors (Lipinski definition) is 3. The van der Waals surface area contributed by atoms with E-state index < -0.39 is 0 Å². The molecule has 21 heavy (non-hydrogen) atoms. The number of carbonyl (C=O) groups excluding carboxylic acids is 1. The van der Waals surface area contributed by atoms with E-state index in [9.17, 15) is 4.79 Å². The number of anilines is 2. The molecule has 0 radical (unpaired) electrons. The van der Waals surface area contributed by atoms with Gasteiger partial charge < -0.3 is 21.1 Å². The predicted octanol–water partition coefficient (Wildman–Crippen LogP) is 1.16. The first-order valence-electron chi connectivity index (χ1n) is 7.22. The summed E-state index contributed by atoms with van der Waals surface area (Å²) in [5.74, 6) is 0.436. The van der Waals surface area contributed by atoms with E-state index in [2.05, 4.69) is 32.5 Å². The highest BCUT2D eigenvalue weighted by Gasteiger charge is 2.11. The van der Waals surface area contributed by atoms with Crippen LogP contribution in [0.1, 0.15) is 40.0 Å². The van der Waals surface area contributed by atoms with E-state index in [4.69, 9.17) is 10.5 Å². The van der Waals surface area contributed by atoms with Crippen molar-refractivity contribution in [3.63, 3.8) is 0 Å². The number of nitrogens with one attached hydrogen (secondary N) is 2. The zero-order valence-corrected chi connectivity index (χ0v) is 12.8. The number of nitrogens with zero attached hydrogens (tertiary/aromatic N) is 3. The molecular formula is C13H24N6O2. The van der Waals surface area contributed by atoms with Crippen LogP contribution in [0.3, 0.4) is 0 Å². The third-order valence-electron chi connectivity index (χ3n) is 2.47. The summed E-state index contributed by atoms with van der Waals surface area (Å²) in [6.07, 6.45) is 2.02. The van der Waals surface area contributed by atoms with Gasteiger partial charge in [0.05, 0.1) is 6.61 Å². The molecule has 1 aromatic heterocycles. The third kappa shape index (κ3) is 6.73. The Hall–Kier alpha value is -2.12. The van der Waals surface area contributed by atoms with E-state index in [0.29, 0.717) is 18.5 Å². The summed E-state index contributed by atoms with van der Waals surface area (Å²) < 4.78 is 5.45. The largest absolute Gasteiger partial charge is 0.463 e. The summed E-state index contributed by atoms with van der Waals surface area (Å²) >= 11 is 0. The monoisotopic (exact) mass is 296 g/mol. The maximum absolute atomic E-state index is 10.9. The number of amides is 1. The summed E-state index contributed by atoms with van der Waals surface area (Å²) in [6.45, 7) is 7.18. The molecule has 0 saturated heterocycles. The number of hydrogen-bond acceptors (Lipinski definition) is 7. The molecular weight excluding hydrogens is 272 g/mol. The van der Waals surface area contributed by atoms with Crippen LogP contribution in [0.4, 0.5) is 11.9 Å². The van der Waals surface area contributed by atoms with Gasteiger partial charge in [-0.05, 0) is 19.8 Å². The Morgan fingerprint density at radius 1 is 1.24 bits per heavy atom. The Morgan fingerprint density at radius 3 is 2.57 bits per heavy atom. The van der Waals surface area contributed by atoms with Gasteiger partial charge in [-0.1, -0.05) is 13.8 Å². The molecule has 0 aliphatic carbocycles. The molecule has 0 aliphatic rings. The SMILES string of the molecule is CCCNc1nc(NC(C)CC(N)=O)nc(OCCC)n1. The highest BCUT2D eigenvalue weighted by Crippen LogP contribution is 2.13. The highest BCUT2D eigenvalue weighted by atomic mass is 16.5. The lowest BCUT2D eigenvalue weighted by atomic mass is 10.2. The van der Waals surface area contributed by atoms with Crippen LogP contribution in [0.15, 0.2) is 0 Å². The van der Waals surface area contributed by atoms with Gasteiger partial charge in [-0.2, -0.15) is 15.0 Å². The van der Waals surface area contributed by atoms with Crippen molar-refractivity contribution in [2.75, 3.05) is 23.8 Å². The molecule has 1 atom stereocenters. The van der Waals surface area contributed by atoms with Crippen molar-refractivity contribution in [1.29, 1.82) is 0 Å². The molecule has 0 aliphatic heterocycles. The van der Waals surface area contributed by atoms with Gasteiger partial charge in [0.2, 0.25) is 17.8 Å². The molecule has 1 amide bonds. The first kappa shape index (κ1) is 16.9. The third-order valence-corrected chi connectivity index (χ3v) is 2.47. The Morgan fingerprint density at radius 2 is 1.95 bits per heavy atom. The standard InChI is InChI=1S/C13H24N6O2/c1-4-6-15-11-17-12(16-9(3)8-10(14)20)19-13(18-11)21-7-5-2/h9H,4-8H2,1-3H3,(H2,14,20)(H2,15,16,17,18,19). The average Bonchev–Trinajstić information content (AvgIpc) is 2.41. The van der Waals surface area contributed by atoms with Gasteiger partial charge >= 0.3 is 6.01 Å². The van der Waals surface area contributed by atoms with Gasteiger partial charge in [0.1, 0.15) is 0 Å². The molecule has 0 bridgehead atoms. The molecule has 0 spiro atoms. The number of ether oxygens (including phenoxy) is 1. The maximum atomic E-state index is 10.9. The topological polar surface area (TPSA) is 115 Å². The van der Waals surface area contributed by atoms with Crippen molar-refractivity contribution < 1.29 is 9.53 Å². The molecule has 1 aromatic rings. The molecule has 0 saturated carbocycles. The van der Waals surface area contributed by atoms with Crippen LogP contribution < -0.4 is 21.1 Å². The minimum Gasteiger partial charge on any atom is -0.463 e. The summed E-state index contributed by atoms with van der Waals surface area (Å²) in [4.78, 5) is 23.5. The van der Waals surface area contributed by atoms with Crippen molar-refractivity contribution in [2.45, 2.75) is 46.1 Å². The Bertz CT molecular complexity index is 428. The van der Waals surface area contributed by atoms with Gasteiger partial charge in [-0.15, -0.1) is 0 Å². The first-order chi connectivity index (χ1) is 10.0. The number of rotatable bonds is 10. The van der Waals surface area contributed by atoms with Crippen LogP contribution in [0.25, 0.3) is 0 Å². The van der Waals surface area contributed by atoms with Gasteiger partial charge in [0.25, 0.3) is 0 Å². The van der Waals surface area contributed by atoms with Crippen LogP contribution in [-0.4, -0.2) is 40.1 Å². The summed E-state index contributed by atoms with van der Waals surface area (Å²) in [5, 5.41) is 6.12. The predicted molar refractivity (Wildman–Crippen MR) is 81.3 cm³/mol. The van der Waals surface area contributed by atoms with E-state index in [-0.39, 0.29) is 24.4 Å². The maximum Gasteiger partial charge on any atom is 0.323 e. The first-order valence-corrected chi connectivity index (χ1v) is 7.22. The van der Waals surface area contributed by atoms with E-state index in [1.54, 1.807) is 0 Å². The second-order valence-corrected chi connectivity index (χ2v) is 4.76. The highest BCUT2D eigenvalue weighted by molar-refractivity contribution is 5.74. The fourth-order valence-electron chi connectivity index (χ4n) is 1.57. The minimum absolute atomic E-state index is 0.164. The molecule has 8 nitrogen and oxygen atoms in total. The normalized spacial score (nSPS) is 11.8.